The van der Waals surface area contributed by atoms with Crippen molar-refractivity contribution < 1.29 is 14.6 Å². The van der Waals surface area contributed by atoms with Crippen LogP contribution in [0.1, 0.15) is 26.3 Å². The van der Waals surface area contributed by atoms with Crippen molar-refractivity contribution in [3.8, 4) is 5.88 Å². The van der Waals surface area contributed by atoms with Crippen molar-refractivity contribution in [2.24, 2.45) is 0 Å². The third-order valence-electron chi connectivity index (χ3n) is 2.71. The number of hydrogen-bond donors (Lipinski definition) is 2. The van der Waals surface area contributed by atoms with Crippen molar-refractivity contribution >= 4 is 22.7 Å². The van der Waals surface area contributed by atoms with Crippen molar-refractivity contribution in [2.75, 3.05) is 5.73 Å². The Morgan fingerprint density at radius 2 is 2.00 bits per heavy atom. The summed E-state index contributed by atoms with van der Waals surface area (Å²) in [6.07, 6.45) is -0.643. The highest BCUT2D eigenvalue weighted by atomic mass is 16.6. The number of carbonyl (C=O) groups is 1. The first-order chi connectivity index (χ1) is 8.70. The molecule has 0 radical (unpaired) electrons. The van der Waals surface area contributed by atoms with Gasteiger partial charge in [0.05, 0.1) is 5.52 Å². The molecule has 102 valence electrons. The van der Waals surface area contributed by atoms with Gasteiger partial charge in [0.2, 0.25) is 5.88 Å². The lowest BCUT2D eigenvalue weighted by atomic mass is 10.1. The van der Waals surface area contributed by atoms with Crippen LogP contribution >= 0.6 is 0 Å². The molecule has 2 rings (SSSR count). The van der Waals surface area contributed by atoms with Crippen molar-refractivity contribution in [2.45, 2.75) is 33.3 Å². The minimum Gasteiger partial charge on any atom is -0.493 e. The standard InChI is InChI=1S/C14H18N2O3/c1-8-5-6-10-9(7-8)11(15)12(17)16(10)13(18)19-14(2,3)4/h5-7,17H,15H2,1-4H3. The zero-order valence-electron chi connectivity index (χ0n) is 11.5. The monoisotopic (exact) mass is 262 g/mol. The van der Waals surface area contributed by atoms with E-state index in [0.717, 1.165) is 10.1 Å². The molecule has 3 N–H and O–H groups in total. The Labute approximate surface area is 111 Å². The summed E-state index contributed by atoms with van der Waals surface area (Å²) in [5.74, 6) is -0.283. The van der Waals surface area contributed by atoms with Crippen molar-refractivity contribution in [3.05, 3.63) is 23.8 Å². The number of nitrogen functional groups attached to an aromatic ring is 1. The number of carbonyl (C=O) groups excluding carboxylic acids is 1. The Kier molecular flexibility index (Phi) is 2.92. The molecule has 0 aliphatic heterocycles. The molecule has 0 aliphatic carbocycles. The lowest BCUT2D eigenvalue weighted by Crippen LogP contribution is -2.26. The number of aromatic hydroxyl groups is 1. The third kappa shape index (κ3) is 2.36. The van der Waals surface area contributed by atoms with Crippen LogP contribution in [0.2, 0.25) is 0 Å². The molecule has 0 saturated heterocycles. The van der Waals surface area contributed by atoms with Crippen LogP contribution in [0.25, 0.3) is 10.9 Å². The van der Waals surface area contributed by atoms with Gasteiger partial charge in [-0.1, -0.05) is 11.6 Å². The molecule has 2 aromatic rings. The molecular formula is C14H18N2O3. The Hall–Kier alpha value is -2.17. The number of rotatable bonds is 0. The predicted octanol–water partition coefficient (Wildman–Crippen LogP) is 3.02. The fourth-order valence-corrected chi connectivity index (χ4v) is 1.91. The molecule has 5 heteroatoms. The van der Waals surface area contributed by atoms with Crippen molar-refractivity contribution in [3.63, 3.8) is 0 Å². The van der Waals surface area contributed by atoms with E-state index in [1.165, 1.54) is 0 Å². The molecule has 1 aromatic heterocycles. The van der Waals surface area contributed by atoms with E-state index in [2.05, 4.69) is 0 Å². The van der Waals surface area contributed by atoms with Gasteiger partial charge in [-0.3, -0.25) is 0 Å². The van der Waals surface area contributed by atoms with Gasteiger partial charge >= 0.3 is 6.09 Å². The van der Waals surface area contributed by atoms with E-state index in [9.17, 15) is 9.90 Å². The molecule has 0 bridgehead atoms. The number of benzene rings is 1. The van der Waals surface area contributed by atoms with Crippen LogP contribution in [-0.2, 0) is 4.74 Å². The fourth-order valence-electron chi connectivity index (χ4n) is 1.91. The van der Waals surface area contributed by atoms with Gasteiger partial charge in [-0.25, -0.2) is 9.36 Å². The zero-order valence-corrected chi connectivity index (χ0v) is 11.5. The molecule has 1 heterocycles. The Morgan fingerprint density at radius 3 is 2.58 bits per heavy atom. The van der Waals surface area contributed by atoms with Gasteiger partial charge in [-0.05, 0) is 39.8 Å². The van der Waals surface area contributed by atoms with E-state index in [4.69, 9.17) is 10.5 Å². The molecule has 0 spiro atoms. The molecule has 0 atom stereocenters. The van der Waals surface area contributed by atoms with Gasteiger partial charge in [-0.2, -0.15) is 0 Å². The Morgan fingerprint density at radius 1 is 1.37 bits per heavy atom. The van der Waals surface area contributed by atoms with Crippen LogP contribution in [0.4, 0.5) is 10.5 Å². The van der Waals surface area contributed by atoms with Crippen LogP contribution in [0, 0.1) is 6.92 Å². The average molecular weight is 262 g/mol. The van der Waals surface area contributed by atoms with Crippen LogP contribution in [0.15, 0.2) is 18.2 Å². The van der Waals surface area contributed by atoms with Crippen LogP contribution in [0.5, 0.6) is 5.88 Å². The largest absolute Gasteiger partial charge is 0.493 e. The van der Waals surface area contributed by atoms with Gasteiger partial charge in [0, 0.05) is 5.39 Å². The zero-order chi connectivity index (χ0) is 14.4. The average Bonchev–Trinajstić information content (AvgIpc) is 2.50. The quantitative estimate of drug-likeness (QED) is 0.765. The van der Waals surface area contributed by atoms with E-state index >= 15 is 0 Å². The van der Waals surface area contributed by atoms with Crippen LogP contribution in [-0.4, -0.2) is 21.4 Å². The number of ether oxygens (including phenoxy) is 1. The van der Waals surface area contributed by atoms with Gasteiger partial charge < -0.3 is 15.6 Å². The molecule has 0 unspecified atom stereocenters. The van der Waals surface area contributed by atoms with E-state index in [1.54, 1.807) is 26.8 Å². The Balaban J connectivity index is 2.61. The number of anilines is 1. The Bertz CT molecular complexity index is 651. The lowest BCUT2D eigenvalue weighted by molar-refractivity contribution is 0.0534. The second-order valence-electron chi connectivity index (χ2n) is 5.57. The van der Waals surface area contributed by atoms with Crippen LogP contribution < -0.4 is 5.73 Å². The van der Waals surface area contributed by atoms with E-state index in [-0.39, 0.29) is 11.6 Å². The maximum Gasteiger partial charge on any atom is 0.421 e. The highest BCUT2D eigenvalue weighted by Gasteiger charge is 2.24. The summed E-state index contributed by atoms with van der Waals surface area (Å²) >= 11 is 0. The SMILES string of the molecule is Cc1ccc2c(c1)c(N)c(O)n2C(=O)OC(C)(C)C. The number of aryl methyl sites for hydroxylation is 1. The minimum absolute atomic E-state index is 0.185. The topological polar surface area (TPSA) is 77.5 Å². The first-order valence-electron chi connectivity index (χ1n) is 6.03. The molecule has 5 nitrogen and oxygen atoms in total. The molecule has 1 aromatic carbocycles. The summed E-state index contributed by atoms with van der Waals surface area (Å²) in [7, 11) is 0. The first kappa shape index (κ1) is 13.3. The smallest absolute Gasteiger partial charge is 0.421 e. The van der Waals surface area contributed by atoms with Gasteiger partial charge in [-0.15, -0.1) is 0 Å². The van der Waals surface area contributed by atoms with E-state index < -0.39 is 11.7 Å². The fraction of sp³-hybridized carbons (Fsp3) is 0.357. The summed E-state index contributed by atoms with van der Waals surface area (Å²) in [6, 6.07) is 5.41. The predicted molar refractivity (Wildman–Crippen MR) is 74.4 cm³/mol. The summed E-state index contributed by atoms with van der Waals surface area (Å²) in [6.45, 7) is 7.21. The molecular weight excluding hydrogens is 244 g/mol. The maximum absolute atomic E-state index is 12.1. The highest BCUT2D eigenvalue weighted by Crippen LogP contribution is 2.34. The normalized spacial score (nSPS) is 11.8. The van der Waals surface area contributed by atoms with Crippen molar-refractivity contribution in [1.29, 1.82) is 0 Å². The van der Waals surface area contributed by atoms with E-state index in [0.29, 0.717) is 10.9 Å². The number of fused-ring (bicyclic) bond motifs is 1. The highest BCUT2D eigenvalue weighted by molar-refractivity contribution is 6.01. The second-order valence-corrected chi connectivity index (χ2v) is 5.57. The molecule has 0 saturated carbocycles. The maximum atomic E-state index is 12.1. The first-order valence-corrected chi connectivity index (χ1v) is 6.03. The number of hydrogen-bond acceptors (Lipinski definition) is 4. The van der Waals surface area contributed by atoms with E-state index in [1.807, 2.05) is 19.1 Å². The summed E-state index contributed by atoms with van der Waals surface area (Å²) < 4.78 is 6.36. The summed E-state index contributed by atoms with van der Waals surface area (Å²) in [5, 5.41) is 10.7. The van der Waals surface area contributed by atoms with Gasteiger partial charge in [0.25, 0.3) is 0 Å². The summed E-state index contributed by atoms with van der Waals surface area (Å²) in [4.78, 5) is 12.1. The lowest BCUT2D eigenvalue weighted by Gasteiger charge is -2.20. The molecule has 0 aliphatic rings. The summed E-state index contributed by atoms with van der Waals surface area (Å²) in [5.41, 5.74) is 6.91. The van der Waals surface area contributed by atoms with Crippen LogP contribution in [0.3, 0.4) is 0 Å². The third-order valence-corrected chi connectivity index (χ3v) is 2.71. The van der Waals surface area contributed by atoms with Crippen molar-refractivity contribution in [1.82, 2.24) is 4.57 Å². The van der Waals surface area contributed by atoms with Gasteiger partial charge in [0.15, 0.2) is 0 Å². The number of nitrogens with zero attached hydrogens (tertiary/aromatic N) is 1. The second kappa shape index (κ2) is 4.19. The molecule has 0 amide bonds. The number of aromatic nitrogens is 1. The minimum atomic E-state index is -0.643. The molecule has 0 fully saturated rings. The number of nitrogens with two attached hydrogens (primary N) is 1. The molecule has 19 heavy (non-hydrogen) atoms. The van der Waals surface area contributed by atoms with Gasteiger partial charge in [0.1, 0.15) is 11.3 Å².